The van der Waals surface area contributed by atoms with E-state index in [2.05, 4.69) is 12.1 Å². The van der Waals surface area contributed by atoms with Crippen molar-refractivity contribution in [3.05, 3.63) is 101 Å². The minimum Gasteiger partial charge on any atom is -0.493 e. The van der Waals surface area contributed by atoms with Crippen molar-refractivity contribution >= 4 is 5.78 Å². The van der Waals surface area contributed by atoms with Crippen LogP contribution in [-0.4, -0.2) is 27.1 Å². The Morgan fingerprint density at radius 2 is 1.52 bits per heavy atom. The molecule has 0 fully saturated rings. The van der Waals surface area contributed by atoms with Crippen LogP contribution in [0, 0.1) is 0 Å². The van der Waals surface area contributed by atoms with E-state index < -0.39 is 0 Å². The minimum atomic E-state index is -0.120. The number of ketones is 1. The number of ether oxygens (including phenoxy) is 3. The van der Waals surface area contributed by atoms with Crippen LogP contribution < -0.4 is 14.2 Å². The Labute approximate surface area is 193 Å². The Morgan fingerprint density at radius 1 is 0.788 bits per heavy atom. The molecule has 4 rings (SSSR count). The van der Waals surface area contributed by atoms with Gasteiger partial charge < -0.3 is 18.6 Å². The summed E-state index contributed by atoms with van der Waals surface area (Å²) in [6.07, 6.45) is 3.18. The number of aryl methyl sites for hydroxylation is 2. The van der Waals surface area contributed by atoms with Crippen molar-refractivity contribution in [2.45, 2.75) is 12.8 Å². The van der Waals surface area contributed by atoms with E-state index in [1.807, 2.05) is 48.5 Å². The molecule has 0 aliphatic carbocycles. The Balaban J connectivity index is 1.76. The van der Waals surface area contributed by atoms with Crippen LogP contribution in [0.4, 0.5) is 0 Å². The van der Waals surface area contributed by atoms with Gasteiger partial charge in [0, 0.05) is 16.7 Å². The zero-order valence-corrected chi connectivity index (χ0v) is 19.0. The van der Waals surface area contributed by atoms with Crippen LogP contribution in [0.15, 0.2) is 83.5 Å². The van der Waals surface area contributed by atoms with Crippen molar-refractivity contribution < 1.29 is 23.4 Å². The Bertz CT molecular complexity index is 1200. The number of furan rings is 1. The van der Waals surface area contributed by atoms with E-state index in [0.717, 1.165) is 24.0 Å². The third kappa shape index (κ3) is 4.77. The average Bonchev–Trinajstić information content (AvgIpc) is 3.41. The fourth-order valence-electron chi connectivity index (χ4n) is 3.89. The predicted molar refractivity (Wildman–Crippen MR) is 128 cm³/mol. The molecule has 33 heavy (non-hydrogen) atoms. The van der Waals surface area contributed by atoms with Crippen LogP contribution >= 0.6 is 0 Å². The summed E-state index contributed by atoms with van der Waals surface area (Å²) in [5.41, 5.74) is 4.11. The molecular formula is C28H26O5. The molecule has 1 aromatic heterocycles. The topological polar surface area (TPSA) is 57.9 Å². The molecule has 0 amide bonds. The molecule has 3 aromatic carbocycles. The van der Waals surface area contributed by atoms with Crippen molar-refractivity contribution in [3.63, 3.8) is 0 Å². The first-order valence-electron chi connectivity index (χ1n) is 10.7. The van der Waals surface area contributed by atoms with Crippen LogP contribution in [0.25, 0.3) is 11.3 Å². The molecule has 5 heteroatoms. The minimum absolute atomic E-state index is 0.120. The SMILES string of the molecule is COc1cc(C(=O)c2cc(-c3ccco3)ccc2CCc2ccccc2)cc(OC)c1OC. The second kappa shape index (κ2) is 10.1. The zero-order chi connectivity index (χ0) is 23.2. The first kappa shape index (κ1) is 22.2. The molecule has 4 aromatic rings. The maximum atomic E-state index is 13.8. The van der Waals surface area contributed by atoms with Gasteiger partial charge in [0.1, 0.15) is 5.76 Å². The molecule has 0 aliphatic heterocycles. The number of carbonyl (C=O) groups excluding carboxylic acids is 1. The average molecular weight is 443 g/mol. The third-order valence-corrected chi connectivity index (χ3v) is 5.61. The van der Waals surface area contributed by atoms with Crippen LogP contribution in [0.3, 0.4) is 0 Å². The Hall–Kier alpha value is -3.99. The lowest BCUT2D eigenvalue weighted by Gasteiger charge is -2.15. The van der Waals surface area contributed by atoms with E-state index in [0.29, 0.717) is 34.1 Å². The first-order chi connectivity index (χ1) is 16.1. The maximum absolute atomic E-state index is 13.8. The first-order valence-corrected chi connectivity index (χ1v) is 10.7. The zero-order valence-electron chi connectivity index (χ0n) is 19.0. The van der Waals surface area contributed by atoms with Gasteiger partial charge in [-0.1, -0.05) is 42.5 Å². The normalized spacial score (nSPS) is 10.6. The van der Waals surface area contributed by atoms with Gasteiger partial charge in [0.25, 0.3) is 0 Å². The number of hydrogen-bond acceptors (Lipinski definition) is 5. The summed E-state index contributed by atoms with van der Waals surface area (Å²) in [7, 11) is 4.61. The van der Waals surface area contributed by atoms with Crippen LogP contribution in [-0.2, 0) is 12.8 Å². The van der Waals surface area contributed by atoms with Gasteiger partial charge in [-0.15, -0.1) is 0 Å². The number of methoxy groups -OCH3 is 3. The lowest BCUT2D eigenvalue weighted by Crippen LogP contribution is -2.08. The molecule has 0 aliphatic rings. The molecule has 168 valence electrons. The second-order valence-corrected chi connectivity index (χ2v) is 7.58. The highest BCUT2D eigenvalue weighted by Crippen LogP contribution is 2.39. The molecule has 0 atom stereocenters. The third-order valence-electron chi connectivity index (χ3n) is 5.61. The molecule has 0 radical (unpaired) electrons. The second-order valence-electron chi connectivity index (χ2n) is 7.58. The monoisotopic (exact) mass is 442 g/mol. The van der Waals surface area contributed by atoms with Gasteiger partial charge >= 0.3 is 0 Å². The van der Waals surface area contributed by atoms with Crippen molar-refractivity contribution in [3.8, 4) is 28.6 Å². The summed E-state index contributed by atoms with van der Waals surface area (Å²) < 4.78 is 21.9. The van der Waals surface area contributed by atoms with E-state index in [-0.39, 0.29) is 5.78 Å². The molecule has 0 spiro atoms. The van der Waals surface area contributed by atoms with E-state index in [1.165, 1.54) is 26.9 Å². The highest BCUT2D eigenvalue weighted by molar-refractivity contribution is 6.11. The summed E-state index contributed by atoms with van der Waals surface area (Å²) >= 11 is 0. The molecule has 0 bridgehead atoms. The highest BCUT2D eigenvalue weighted by atomic mass is 16.5. The van der Waals surface area contributed by atoms with Gasteiger partial charge in [0.05, 0.1) is 27.6 Å². The molecule has 5 nitrogen and oxygen atoms in total. The fourth-order valence-corrected chi connectivity index (χ4v) is 3.89. The fraction of sp³-hybridized carbons (Fsp3) is 0.179. The van der Waals surface area contributed by atoms with E-state index in [1.54, 1.807) is 18.4 Å². The summed E-state index contributed by atoms with van der Waals surface area (Å²) in [5.74, 6) is 1.92. The van der Waals surface area contributed by atoms with Gasteiger partial charge in [-0.3, -0.25) is 4.79 Å². The molecule has 1 heterocycles. The standard InChI is InChI=1S/C28H26O5/c1-30-25-17-22(18-26(31-2)28(25)32-3)27(29)23-16-21(24-10-7-15-33-24)14-13-20(23)12-11-19-8-5-4-6-9-19/h4-10,13-18H,11-12H2,1-3H3. The number of rotatable bonds is 9. The summed E-state index contributed by atoms with van der Waals surface area (Å²) in [6, 6.07) is 23.2. The van der Waals surface area contributed by atoms with Gasteiger partial charge in [-0.2, -0.15) is 0 Å². The number of hydrogen-bond donors (Lipinski definition) is 0. The smallest absolute Gasteiger partial charge is 0.203 e. The van der Waals surface area contributed by atoms with Crippen LogP contribution in [0.2, 0.25) is 0 Å². The molecule has 0 saturated carbocycles. The summed E-state index contributed by atoms with van der Waals surface area (Å²) in [6.45, 7) is 0. The van der Waals surface area contributed by atoms with E-state index in [4.69, 9.17) is 18.6 Å². The Kier molecular flexibility index (Phi) is 6.79. The molecular weight excluding hydrogens is 416 g/mol. The molecule has 0 unspecified atom stereocenters. The lowest BCUT2D eigenvalue weighted by atomic mass is 9.92. The van der Waals surface area contributed by atoms with E-state index in [9.17, 15) is 4.79 Å². The van der Waals surface area contributed by atoms with Gasteiger partial charge in [-0.05, 0) is 54.3 Å². The van der Waals surface area contributed by atoms with Gasteiger partial charge in [-0.25, -0.2) is 0 Å². The molecule has 0 N–H and O–H groups in total. The van der Waals surface area contributed by atoms with Gasteiger partial charge in [0.15, 0.2) is 17.3 Å². The summed E-state index contributed by atoms with van der Waals surface area (Å²) in [4.78, 5) is 13.8. The van der Waals surface area contributed by atoms with Crippen molar-refractivity contribution in [1.82, 2.24) is 0 Å². The number of benzene rings is 3. The quantitative estimate of drug-likeness (QED) is 0.298. The van der Waals surface area contributed by atoms with Crippen molar-refractivity contribution in [2.75, 3.05) is 21.3 Å². The lowest BCUT2D eigenvalue weighted by molar-refractivity contribution is 0.103. The summed E-state index contributed by atoms with van der Waals surface area (Å²) in [5, 5.41) is 0. The maximum Gasteiger partial charge on any atom is 0.203 e. The van der Waals surface area contributed by atoms with Crippen LogP contribution in [0.5, 0.6) is 17.2 Å². The van der Waals surface area contributed by atoms with Crippen LogP contribution in [0.1, 0.15) is 27.0 Å². The Morgan fingerprint density at radius 3 is 2.12 bits per heavy atom. The van der Waals surface area contributed by atoms with Gasteiger partial charge in [0.2, 0.25) is 5.75 Å². The predicted octanol–water partition coefficient (Wildman–Crippen LogP) is 5.99. The van der Waals surface area contributed by atoms with Crippen molar-refractivity contribution in [2.24, 2.45) is 0 Å². The van der Waals surface area contributed by atoms with Crippen molar-refractivity contribution in [1.29, 1.82) is 0 Å². The number of carbonyl (C=O) groups is 1. The van der Waals surface area contributed by atoms with E-state index >= 15 is 0 Å². The largest absolute Gasteiger partial charge is 0.493 e. The highest BCUT2D eigenvalue weighted by Gasteiger charge is 2.21. The molecule has 0 saturated heterocycles.